The first-order valence-corrected chi connectivity index (χ1v) is 11.9. The van der Waals surface area contributed by atoms with Crippen molar-refractivity contribution in [3.63, 3.8) is 0 Å². The highest BCUT2D eigenvalue weighted by atomic mass is 19.1. The Bertz CT molecular complexity index is 1390. The Kier molecular flexibility index (Phi) is 7.16. The molecule has 2 aromatic heterocycles. The predicted molar refractivity (Wildman–Crippen MR) is 135 cm³/mol. The van der Waals surface area contributed by atoms with Gasteiger partial charge in [0.1, 0.15) is 22.9 Å². The number of fused-ring (bicyclic) bond motifs is 1. The zero-order chi connectivity index (χ0) is 26.7. The van der Waals surface area contributed by atoms with Crippen molar-refractivity contribution in [3.05, 3.63) is 35.8 Å². The van der Waals surface area contributed by atoms with E-state index < -0.39 is 17.5 Å². The summed E-state index contributed by atoms with van der Waals surface area (Å²) in [5.74, 6) is 4.29. The number of pyridine rings is 1. The zero-order valence-electron chi connectivity index (χ0n) is 21.0. The van der Waals surface area contributed by atoms with Gasteiger partial charge in [-0.1, -0.05) is 5.92 Å². The zero-order valence-corrected chi connectivity index (χ0v) is 21.0. The molecule has 0 radical (unpaired) electrons. The van der Waals surface area contributed by atoms with Crippen molar-refractivity contribution < 1.29 is 18.7 Å². The van der Waals surface area contributed by atoms with Gasteiger partial charge in [0.25, 0.3) is 11.8 Å². The molecule has 4 heterocycles. The highest BCUT2D eigenvalue weighted by molar-refractivity contribution is 6.22. The molecule has 0 saturated carbocycles. The lowest BCUT2D eigenvalue weighted by Crippen LogP contribution is -2.68. The number of piperidine rings is 1. The minimum Gasteiger partial charge on any atom is -0.494 e. The summed E-state index contributed by atoms with van der Waals surface area (Å²) in [5.41, 5.74) is 7.00. The lowest BCUT2D eigenvalue weighted by atomic mass is 9.92. The molecule has 192 valence electrons. The summed E-state index contributed by atoms with van der Waals surface area (Å²) in [6.45, 7) is 3.61. The fraction of sp³-hybridized carbons (Fsp3) is 0.423. The number of likely N-dealkylation sites (tertiary alicyclic amines) is 2. The molecule has 2 aromatic rings. The Morgan fingerprint density at radius 3 is 2.62 bits per heavy atom. The van der Waals surface area contributed by atoms with Gasteiger partial charge in [-0.05, 0) is 38.7 Å². The van der Waals surface area contributed by atoms with Gasteiger partial charge in [0.15, 0.2) is 0 Å². The lowest BCUT2D eigenvalue weighted by Gasteiger charge is -2.45. The topological polar surface area (TPSA) is 129 Å². The van der Waals surface area contributed by atoms with Crippen LogP contribution in [0, 0.1) is 23.2 Å². The van der Waals surface area contributed by atoms with Crippen LogP contribution < -0.4 is 10.5 Å². The number of nitrogens with two attached hydrogens (primary N) is 1. The van der Waals surface area contributed by atoms with Crippen LogP contribution in [0.5, 0.6) is 5.75 Å². The normalized spacial score (nSPS) is 18.0. The van der Waals surface area contributed by atoms with Gasteiger partial charge in [-0.15, -0.1) is 0 Å². The number of aromatic nitrogens is 2. The van der Waals surface area contributed by atoms with E-state index in [4.69, 9.17) is 15.5 Å². The number of carbonyl (C=O) groups excluding carboxylic acids is 2. The summed E-state index contributed by atoms with van der Waals surface area (Å²) in [7, 11) is 1.52. The molecule has 2 aliphatic rings. The molecule has 2 aliphatic heterocycles. The number of hydrogen-bond donors (Lipinski definition) is 1. The average molecular weight is 506 g/mol. The number of rotatable bonds is 5. The van der Waals surface area contributed by atoms with Crippen molar-refractivity contribution in [1.82, 2.24) is 19.4 Å². The lowest BCUT2D eigenvalue weighted by molar-refractivity contribution is -0.162. The number of nitrogens with zero attached hydrogens (tertiary/aromatic N) is 6. The summed E-state index contributed by atoms with van der Waals surface area (Å²) in [6, 6.07) is 3.83. The summed E-state index contributed by atoms with van der Waals surface area (Å²) in [5, 5.41) is 13.6. The van der Waals surface area contributed by atoms with E-state index in [1.807, 2.05) is 6.92 Å². The fourth-order valence-electron chi connectivity index (χ4n) is 4.74. The van der Waals surface area contributed by atoms with Crippen molar-refractivity contribution in [2.75, 3.05) is 33.3 Å². The van der Waals surface area contributed by atoms with E-state index in [0.717, 1.165) is 5.56 Å². The molecule has 0 atom stereocenters. The number of carbonyl (C=O) groups is 2. The van der Waals surface area contributed by atoms with E-state index in [-0.39, 0.29) is 19.1 Å². The fourth-order valence-corrected chi connectivity index (χ4v) is 4.74. The first kappa shape index (κ1) is 25.7. The molecule has 37 heavy (non-hydrogen) atoms. The number of ether oxygens (including phenoxy) is 1. The number of nitriles is 1. The molecule has 4 rings (SSSR count). The van der Waals surface area contributed by atoms with Crippen molar-refractivity contribution in [1.29, 1.82) is 5.26 Å². The summed E-state index contributed by atoms with van der Waals surface area (Å²) < 4.78 is 22.1. The van der Waals surface area contributed by atoms with Crippen molar-refractivity contribution >= 4 is 28.6 Å². The second kappa shape index (κ2) is 10.3. The quantitative estimate of drug-likeness (QED) is 0.485. The maximum Gasteiger partial charge on any atom is 0.298 e. The SMILES string of the molecule is CC#CC(=O)N1CC(F)(C(=O)N2CCC(N=C(C)/C(=C\N)c3cc(OC)c4c(C#N)cnn4c3)CC2)C1. The standard InChI is InChI=1S/C26H28FN7O3/c1-4-5-23(35)33-15-26(27,16-33)25(36)32-8-6-20(7-9-32)31-17(2)21(12-29)18-10-22(37-3)24-19(11-28)13-30-34(24)14-18/h10,12-14,20H,6-9,15-16,29H2,1-3H3/b21-12+,31-17?. The van der Waals surface area contributed by atoms with Gasteiger partial charge in [-0.2, -0.15) is 10.4 Å². The number of amides is 2. The van der Waals surface area contributed by atoms with Crippen LogP contribution in [-0.4, -0.2) is 81.9 Å². The van der Waals surface area contributed by atoms with Gasteiger partial charge in [-0.3, -0.25) is 14.6 Å². The van der Waals surface area contributed by atoms with E-state index in [1.165, 1.54) is 36.2 Å². The second-order valence-electron chi connectivity index (χ2n) is 9.08. The van der Waals surface area contributed by atoms with E-state index in [2.05, 4.69) is 23.0 Å². The van der Waals surface area contributed by atoms with Gasteiger partial charge >= 0.3 is 0 Å². The van der Waals surface area contributed by atoms with E-state index in [1.54, 1.807) is 16.8 Å². The van der Waals surface area contributed by atoms with Gasteiger partial charge in [0, 0.05) is 42.3 Å². The summed E-state index contributed by atoms with van der Waals surface area (Å²) >= 11 is 0. The smallest absolute Gasteiger partial charge is 0.298 e. The molecule has 2 N–H and O–H groups in total. The van der Waals surface area contributed by atoms with Crippen molar-refractivity contribution in [3.8, 4) is 23.7 Å². The van der Waals surface area contributed by atoms with Gasteiger partial charge in [0.2, 0.25) is 5.67 Å². The molecule has 0 aliphatic carbocycles. The van der Waals surface area contributed by atoms with Crippen LogP contribution in [0.3, 0.4) is 0 Å². The Morgan fingerprint density at radius 2 is 2.03 bits per heavy atom. The maximum atomic E-state index is 15.1. The molecule has 0 aromatic carbocycles. The molecule has 2 saturated heterocycles. The Hall–Kier alpha value is -4.38. The van der Waals surface area contributed by atoms with Crippen LogP contribution in [-0.2, 0) is 9.59 Å². The number of methoxy groups -OCH3 is 1. The number of halogens is 1. The number of allylic oxidation sites excluding steroid dienone is 1. The largest absolute Gasteiger partial charge is 0.494 e. The molecule has 10 nitrogen and oxygen atoms in total. The third-order valence-corrected chi connectivity index (χ3v) is 6.70. The molecule has 2 amide bonds. The predicted octanol–water partition coefficient (Wildman–Crippen LogP) is 1.54. The Morgan fingerprint density at radius 1 is 1.32 bits per heavy atom. The molecule has 2 fully saturated rings. The van der Waals surface area contributed by atoms with Crippen LogP contribution in [0.1, 0.15) is 37.8 Å². The molecule has 0 unspecified atom stereocenters. The highest BCUT2D eigenvalue weighted by Crippen LogP contribution is 2.31. The third kappa shape index (κ3) is 4.85. The average Bonchev–Trinajstić information content (AvgIpc) is 3.30. The van der Waals surface area contributed by atoms with Gasteiger partial charge in [0.05, 0.1) is 32.4 Å². The van der Waals surface area contributed by atoms with E-state index in [9.17, 15) is 14.9 Å². The molecular weight excluding hydrogens is 477 g/mol. The van der Waals surface area contributed by atoms with Gasteiger partial charge in [-0.25, -0.2) is 8.91 Å². The van der Waals surface area contributed by atoms with Crippen LogP contribution in [0.15, 0.2) is 29.7 Å². The monoisotopic (exact) mass is 505 g/mol. The summed E-state index contributed by atoms with van der Waals surface area (Å²) in [6.07, 6.45) is 5.86. The highest BCUT2D eigenvalue weighted by Gasteiger charge is 2.53. The number of hydrogen-bond acceptors (Lipinski definition) is 7. The van der Waals surface area contributed by atoms with Crippen molar-refractivity contribution in [2.24, 2.45) is 10.7 Å². The second-order valence-corrected chi connectivity index (χ2v) is 9.08. The number of alkyl halides is 1. The van der Waals surface area contributed by atoms with Crippen LogP contribution in [0.25, 0.3) is 11.1 Å². The first-order valence-electron chi connectivity index (χ1n) is 11.9. The third-order valence-electron chi connectivity index (χ3n) is 6.70. The molecule has 11 heteroatoms. The maximum absolute atomic E-state index is 15.1. The van der Waals surface area contributed by atoms with Crippen LogP contribution in [0.4, 0.5) is 4.39 Å². The Labute approximate surface area is 214 Å². The Balaban J connectivity index is 1.42. The van der Waals surface area contributed by atoms with Crippen LogP contribution in [0.2, 0.25) is 0 Å². The molecule has 0 spiro atoms. The van der Waals surface area contributed by atoms with Crippen molar-refractivity contribution in [2.45, 2.75) is 38.4 Å². The summed E-state index contributed by atoms with van der Waals surface area (Å²) in [4.78, 5) is 32.1. The molecular formula is C26H28FN7O3. The van der Waals surface area contributed by atoms with E-state index >= 15 is 4.39 Å². The molecule has 0 bridgehead atoms. The number of aliphatic imine (C=N–C) groups is 1. The van der Waals surface area contributed by atoms with Gasteiger partial charge < -0.3 is 20.3 Å². The minimum absolute atomic E-state index is 0.0608. The minimum atomic E-state index is -2.05. The van der Waals surface area contributed by atoms with E-state index in [0.29, 0.717) is 54.0 Å². The first-order chi connectivity index (χ1) is 17.7. The van der Waals surface area contributed by atoms with Crippen LogP contribution >= 0.6 is 0 Å².